The van der Waals surface area contributed by atoms with Gasteiger partial charge in [-0.15, -0.1) is 0 Å². The van der Waals surface area contributed by atoms with Gasteiger partial charge in [-0.25, -0.2) is 0 Å². The van der Waals surface area contributed by atoms with Crippen LogP contribution in [0.3, 0.4) is 0 Å². The highest BCUT2D eigenvalue weighted by atomic mass is 16.5. The van der Waals surface area contributed by atoms with Gasteiger partial charge in [0.1, 0.15) is 0 Å². The zero-order valence-electron chi connectivity index (χ0n) is 11.7. The Morgan fingerprint density at radius 2 is 2.21 bits per heavy atom. The quantitative estimate of drug-likeness (QED) is 0.614. The molecule has 1 rings (SSSR count). The van der Waals surface area contributed by atoms with Crippen molar-refractivity contribution >= 4 is 11.6 Å². The molecule has 0 aliphatic carbocycles. The number of H-pyrrole nitrogens is 1. The number of anilines is 1. The molecule has 1 aromatic heterocycles. The van der Waals surface area contributed by atoms with Crippen LogP contribution < -0.4 is 5.32 Å². The van der Waals surface area contributed by atoms with E-state index < -0.39 is 0 Å². The number of aromatic amines is 1. The molecule has 0 bridgehead atoms. The third-order valence-electron chi connectivity index (χ3n) is 2.79. The average Bonchev–Trinajstić information content (AvgIpc) is 2.68. The van der Waals surface area contributed by atoms with Crippen molar-refractivity contribution in [2.24, 2.45) is 0 Å². The summed E-state index contributed by atoms with van der Waals surface area (Å²) in [5, 5.41) is 18.6. The van der Waals surface area contributed by atoms with Crippen LogP contribution in [0.5, 0.6) is 0 Å². The first kappa shape index (κ1) is 15.6. The first-order valence-corrected chi connectivity index (χ1v) is 6.22. The van der Waals surface area contributed by atoms with E-state index in [1.807, 2.05) is 18.7 Å². The predicted octanol–water partition coefficient (Wildman–Crippen LogP) is -0.0943. The van der Waals surface area contributed by atoms with Crippen molar-refractivity contribution in [2.45, 2.75) is 13.8 Å². The van der Waals surface area contributed by atoms with Crippen LogP contribution in [-0.4, -0.2) is 66.1 Å². The fraction of sp³-hybridized carbons (Fsp3) is 0.667. The summed E-state index contributed by atoms with van der Waals surface area (Å²) < 4.78 is 4.97. The molecule has 0 aliphatic heterocycles. The summed E-state index contributed by atoms with van der Waals surface area (Å²) in [6.07, 6.45) is 0. The zero-order chi connectivity index (χ0) is 14.3. The molecule has 1 aromatic rings. The maximum absolute atomic E-state index is 11.9. The van der Waals surface area contributed by atoms with Crippen LogP contribution in [0.4, 0.5) is 5.69 Å². The molecular weight excluding hydrogens is 248 g/mol. The first-order valence-electron chi connectivity index (χ1n) is 6.22. The second-order valence-corrected chi connectivity index (χ2v) is 4.35. The highest BCUT2D eigenvalue weighted by molar-refractivity contribution is 5.93. The van der Waals surface area contributed by atoms with E-state index in [2.05, 4.69) is 15.5 Å². The maximum atomic E-state index is 11.9. The van der Waals surface area contributed by atoms with E-state index in [1.165, 1.54) is 0 Å². The van der Waals surface area contributed by atoms with E-state index in [1.54, 1.807) is 7.11 Å². The number of ether oxygens (including phenoxy) is 1. The summed E-state index contributed by atoms with van der Waals surface area (Å²) in [5.41, 5.74) is 2.31. The lowest BCUT2D eigenvalue weighted by Crippen LogP contribution is -2.37. The number of carbonyl (C=O) groups excluding carboxylic acids is 1. The van der Waals surface area contributed by atoms with Gasteiger partial charge in [-0.1, -0.05) is 0 Å². The Bertz CT molecular complexity index is 386. The van der Waals surface area contributed by atoms with Crippen LogP contribution in [-0.2, 0) is 9.53 Å². The number of amides is 1. The molecule has 0 unspecified atom stereocenters. The number of nitrogens with zero attached hydrogens (tertiary/aromatic N) is 2. The molecule has 1 amide bonds. The Morgan fingerprint density at radius 1 is 1.47 bits per heavy atom. The molecule has 0 spiro atoms. The van der Waals surface area contributed by atoms with Gasteiger partial charge < -0.3 is 15.2 Å². The minimum Gasteiger partial charge on any atom is -0.395 e. The fourth-order valence-corrected chi connectivity index (χ4v) is 1.75. The maximum Gasteiger partial charge on any atom is 0.238 e. The normalized spacial score (nSPS) is 11.0. The number of nitrogens with one attached hydrogen (secondary N) is 2. The van der Waals surface area contributed by atoms with Gasteiger partial charge in [0, 0.05) is 20.2 Å². The summed E-state index contributed by atoms with van der Waals surface area (Å²) in [7, 11) is 1.61. The van der Waals surface area contributed by atoms with E-state index in [0.29, 0.717) is 19.7 Å². The Morgan fingerprint density at radius 3 is 2.74 bits per heavy atom. The Kier molecular flexibility index (Phi) is 6.48. The highest BCUT2D eigenvalue weighted by Crippen LogP contribution is 2.15. The summed E-state index contributed by atoms with van der Waals surface area (Å²) in [6.45, 7) is 5.49. The summed E-state index contributed by atoms with van der Waals surface area (Å²) in [6, 6.07) is 0. The number of aliphatic hydroxyl groups is 1. The molecule has 0 aromatic carbocycles. The zero-order valence-corrected chi connectivity index (χ0v) is 11.7. The minimum atomic E-state index is -0.128. The molecule has 0 atom stereocenters. The van der Waals surface area contributed by atoms with Crippen molar-refractivity contribution in [1.82, 2.24) is 15.1 Å². The van der Waals surface area contributed by atoms with E-state index >= 15 is 0 Å². The third-order valence-corrected chi connectivity index (χ3v) is 2.79. The molecule has 0 fully saturated rings. The van der Waals surface area contributed by atoms with Crippen molar-refractivity contribution < 1.29 is 14.6 Å². The minimum absolute atomic E-state index is 0.0146. The van der Waals surface area contributed by atoms with Crippen LogP contribution in [0, 0.1) is 13.8 Å². The van der Waals surface area contributed by atoms with Crippen LogP contribution in [0.2, 0.25) is 0 Å². The molecular formula is C12H22N4O3. The first-order chi connectivity index (χ1) is 9.08. The Labute approximate surface area is 112 Å². The molecule has 0 aliphatic rings. The number of aromatic nitrogens is 2. The van der Waals surface area contributed by atoms with E-state index in [-0.39, 0.29) is 19.1 Å². The van der Waals surface area contributed by atoms with E-state index in [4.69, 9.17) is 9.84 Å². The monoisotopic (exact) mass is 270 g/mol. The molecule has 7 heteroatoms. The SMILES string of the molecule is COCCN(CCO)CC(=O)Nc1c(C)n[nH]c1C. The molecule has 0 saturated carbocycles. The number of methoxy groups -OCH3 is 1. The molecule has 0 radical (unpaired) electrons. The van der Waals surface area contributed by atoms with Gasteiger partial charge >= 0.3 is 0 Å². The van der Waals surface area contributed by atoms with Gasteiger partial charge in [0.25, 0.3) is 0 Å². The van der Waals surface area contributed by atoms with Gasteiger partial charge in [-0.05, 0) is 13.8 Å². The lowest BCUT2D eigenvalue weighted by molar-refractivity contribution is -0.117. The Hall–Kier alpha value is -1.44. The second kappa shape index (κ2) is 7.88. The van der Waals surface area contributed by atoms with Crippen molar-refractivity contribution in [3.05, 3.63) is 11.4 Å². The van der Waals surface area contributed by atoms with Crippen LogP contribution >= 0.6 is 0 Å². The average molecular weight is 270 g/mol. The molecule has 0 saturated heterocycles. The van der Waals surface area contributed by atoms with Crippen molar-refractivity contribution in [2.75, 3.05) is 45.3 Å². The van der Waals surface area contributed by atoms with E-state index in [9.17, 15) is 4.79 Å². The topological polar surface area (TPSA) is 90.5 Å². The van der Waals surface area contributed by atoms with Gasteiger partial charge in [0.05, 0.1) is 36.8 Å². The molecule has 3 N–H and O–H groups in total. The number of aliphatic hydroxyl groups excluding tert-OH is 1. The van der Waals surface area contributed by atoms with Crippen LogP contribution in [0.15, 0.2) is 0 Å². The number of carbonyl (C=O) groups is 1. The molecule has 19 heavy (non-hydrogen) atoms. The highest BCUT2D eigenvalue weighted by Gasteiger charge is 2.13. The lowest BCUT2D eigenvalue weighted by Gasteiger charge is -2.20. The van der Waals surface area contributed by atoms with Crippen LogP contribution in [0.1, 0.15) is 11.4 Å². The standard InChI is InChI=1S/C12H22N4O3/c1-9-12(10(2)15-14-9)13-11(18)8-16(4-6-17)5-7-19-3/h17H,4-8H2,1-3H3,(H,13,18)(H,14,15). The van der Waals surface area contributed by atoms with E-state index in [0.717, 1.165) is 17.1 Å². The smallest absolute Gasteiger partial charge is 0.238 e. The lowest BCUT2D eigenvalue weighted by atomic mass is 10.3. The molecule has 108 valence electrons. The summed E-state index contributed by atoms with van der Waals surface area (Å²) in [4.78, 5) is 13.8. The van der Waals surface area contributed by atoms with Gasteiger partial charge in [-0.2, -0.15) is 5.10 Å². The fourth-order valence-electron chi connectivity index (χ4n) is 1.75. The van der Waals surface area contributed by atoms with Gasteiger partial charge in [0.15, 0.2) is 0 Å². The van der Waals surface area contributed by atoms with Crippen molar-refractivity contribution in [1.29, 1.82) is 0 Å². The largest absolute Gasteiger partial charge is 0.395 e. The Balaban J connectivity index is 2.52. The van der Waals surface area contributed by atoms with Gasteiger partial charge in [0.2, 0.25) is 5.91 Å². The number of rotatable bonds is 8. The van der Waals surface area contributed by atoms with Crippen molar-refractivity contribution in [3.63, 3.8) is 0 Å². The van der Waals surface area contributed by atoms with Crippen LogP contribution in [0.25, 0.3) is 0 Å². The third kappa shape index (κ3) is 4.98. The molecule has 1 heterocycles. The van der Waals surface area contributed by atoms with Gasteiger partial charge in [-0.3, -0.25) is 14.8 Å². The predicted molar refractivity (Wildman–Crippen MR) is 72.1 cm³/mol. The van der Waals surface area contributed by atoms with Crippen molar-refractivity contribution in [3.8, 4) is 0 Å². The number of hydrogen-bond acceptors (Lipinski definition) is 5. The second-order valence-electron chi connectivity index (χ2n) is 4.35. The number of hydrogen-bond donors (Lipinski definition) is 3. The summed E-state index contributed by atoms with van der Waals surface area (Å²) >= 11 is 0. The molecule has 7 nitrogen and oxygen atoms in total. The summed E-state index contributed by atoms with van der Waals surface area (Å²) in [5.74, 6) is -0.128. The number of aryl methyl sites for hydroxylation is 2.